The summed E-state index contributed by atoms with van der Waals surface area (Å²) in [5.41, 5.74) is 0. The summed E-state index contributed by atoms with van der Waals surface area (Å²) in [5, 5.41) is 9.54. The molecule has 74 valence electrons. The highest BCUT2D eigenvalue weighted by atomic mass is 32.2. The molecule has 0 radical (unpaired) electrons. The van der Waals surface area contributed by atoms with Crippen molar-refractivity contribution in [3.05, 3.63) is 0 Å². The third-order valence-corrected chi connectivity index (χ3v) is 4.51. The summed E-state index contributed by atoms with van der Waals surface area (Å²) >= 11 is 1.89. The van der Waals surface area contributed by atoms with E-state index in [2.05, 4.69) is 0 Å². The molecule has 0 bridgehead atoms. The summed E-state index contributed by atoms with van der Waals surface area (Å²) in [6.07, 6.45) is 5.92. The van der Waals surface area contributed by atoms with Gasteiger partial charge in [0.1, 0.15) is 0 Å². The summed E-state index contributed by atoms with van der Waals surface area (Å²) in [7, 11) is 0. The molecule has 3 heteroatoms. The van der Waals surface area contributed by atoms with E-state index in [1.54, 1.807) is 0 Å². The van der Waals surface area contributed by atoms with Gasteiger partial charge in [-0.2, -0.15) is 11.8 Å². The summed E-state index contributed by atoms with van der Waals surface area (Å²) in [6.45, 7) is 0. The highest BCUT2D eigenvalue weighted by Gasteiger charge is 2.41. The van der Waals surface area contributed by atoms with Gasteiger partial charge in [-0.05, 0) is 37.4 Å². The van der Waals surface area contributed by atoms with Gasteiger partial charge in [0.05, 0.1) is 5.92 Å². The molecule has 2 rings (SSSR count). The lowest BCUT2D eigenvalue weighted by atomic mass is 9.95. The minimum atomic E-state index is -0.554. The monoisotopic (exact) mass is 200 g/mol. The van der Waals surface area contributed by atoms with Crippen LogP contribution < -0.4 is 0 Å². The summed E-state index contributed by atoms with van der Waals surface area (Å²) in [4.78, 5) is 11.1. The highest BCUT2D eigenvalue weighted by Crippen LogP contribution is 2.44. The molecule has 1 heterocycles. The third-order valence-electron chi connectivity index (χ3n) is 3.03. The number of thioether (sulfide) groups is 1. The molecule has 2 atom stereocenters. The number of carbonyl (C=O) groups is 1. The number of hydrogen-bond acceptors (Lipinski definition) is 2. The second-order valence-corrected chi connectivity index (χ2v) is 5.45. The Morgan fingerprint density at radius 2 is 2.08 bits per heavy atom. The first-order valence-corrected chi connectivity index (χ1v) is 6.18. The van der Waals surface area contributed by atoms with Crippen LogP contribution >= 0.6 is 11.8 Å². The van der Waals surface area contributed by atoms with Crippen molar-refractivity contribution in [2.45, 2.75) is 37.4 Å². The zero-order valence-electron chi connectivity index (χ0n) is 7.74. The lowest BCUT2D eigenvalue weighted by Gasteiger charge is -2.26. The summed E-state index contributed by atoms with van der Waals surface area (Å²) in [5.74, 6) is 1.08. The van der Waals surface area contributed by atoms with Crippen LogP contribution in [0.5, 0.6) is 0 Å². The number of hydrogen-bond donors (Lipinski definition) is 1. The van der Waals surface area contributed by atoms with Gasteiger partial charge in [0, 0.05) is 5.25 Å². The maximum absolute atomic E-state index is 11.1. The SMILES string of the molecule is O=C(O)C(C1CC1)C1CCCCS1. The average Bonchev–Trinajstić information content (AvgIpc) is 2.90. The largest absolute Gasteiger partial charge is 0.481 e. The molecular formula is C10H16O2S. The second kappa shape index (κ2) is 3.91. The van der Waals surface area contributed by atoms with Crippen LogP contribution in [0, 0.1) is 11.8 Å². The topological polar surface area (TPSA) is 37.3 Å². The Hall–Kier alpha value is -0.180. The van der Waals surface area contributed by atoms with E-state index in [9.17, 15) is 4.79 Å². The van der Waals surface area contributed by atoms with Crippen LogP contribution in [0.1, 0.15) is 32.1 Å². The Bertz CT molecular complexity index is 195. The van der Waals surface area contributed by atoms with Crippen LogP contribution in [0.25, 0.3) is 0 Å². The van der Waals surface area contributed by atoms with E-state index in [1.807, 2.05) is 11.8 Å². The van der Waals surface area contributed by atoms with Crippen LogP contribution in [-0.2, 0) is 4.79 Å². The normalized spacial score (nSPS) is 31.2. The van der Waals surface area contributed by atoms with Gasteiger partial charge in [0.25, 0.3) is 0 Å². The highest BCUT2D eigenvalue weighted by molar-refractivity contribution is 8.00. The van der Waals surface area contributed by atoms with Gasteiger partial charge < -0.3 is 5.11 Å². The molecular weight excluding hydrogens is 184 g/mol. The fourth-order valence-corrected chi connectivity index (χ4v) is 3.72. The van der Waals surface area contributed by atoms with Crippen molar-refractivity contribution in [3.63, 3.8) is 0 Å². The van der Waals surface area contributed by atoms with E-state index in [0.29, 0.717) is 11.2 Å². The quantitative estimate of drug-likeness (QED) is 0.760. The van der Waals surface area contributed by atoms with Gasteiger partial charge >= 0.3 is 5.97 Å². The molecule has 0 aromatic carbocycles. The Morgan fingerprint density at radius 1 is 1.31 bits per heavy atom. The molecule has 1 saturated carbocycles. The van der Waals surface area contributed by atoms with Gasteiger partial charge in [-0.1, -0.05) is 6.42 Å². The second-order valence-electron chi connectivity index (χ2n) is 4.11. The Morgan fingerprint density at radius 3 is 2.54 bits per heavy atom. The first kappa shape index (κ1) is 9.38. The molecule has 0 aromatic rings. The van der Waals surface area contributed by atoms with Crippen molar-refractivity contribution in [1.82, 2.24) is 0 Å². The lowest BCUT2D eigenvalue weighted by molar-refractivity contribution is -0.142. The molecule has 0 spiro atoms. The first-order valence-electron chi connectivity index (χ1n) is 5.13. The van der Waals surface area contributed by atoms with Crippen molar-refractivity contribution in [2.24, 2.45) is 11.8 Å². The molecule has 2 unspecified atom stereocenters. The number of rotatable bonds is 3. The van der Waals surface area contributed by atoms with Crippen molar-refractivity contribution in [3.8, 4) is 0 Å². The van der Waals surface area contributed by atoms with Gasteiger partial charge in [-0.15, -0.1) is 0 Å². The smallest absolute Gasteiger partial charge is 0.307 e. The van der Waals surface area contributed by atoms with Crippen LogP contribution in [0.3, 0.4) is 0 Å². The molecule has 2 nitrogen and oxygen atoms in total. The molecule has 0 amide bonds. The molecule has 2 aliphatic rings. The van der Waals surface area contributed by atoms with Crippen LogP contribution in [0.4, 0.5) is 0 Å². The molecule has 0 aromatic heterocycles. The Kier molecular flexibility index (Phi) is 2.82. The van der Waals surface area contributed by atoms with E-state index < -0.39 is 5.97 Å². The summed E-state index contributed by atoms with van der Waals surface area (Å²) < 4.78 is 0. The molecule has 1 aliphatic heterocycles. The van der Waals surface area contributed by atoms with E-state index in [4.69, 9.17) is 5.11 Å². The minimum absolute atomic E-state index is 0.0368. The van der Waals surface area contributed by atoms with E-state index in [0.717, 1.165) is 19.3 Å². The Balaban J connectivity index is 1.96. The molecule has 13 heavy (non-hydrogen) atoms. The molecule has 2 fully saturated rings. The minimum Gasteiger partial charge on any atom is -0.481 e. The van der Waals surface area contributed by atoms with Gasteiger partial charge in [-0.25, -0.2) is 0 Å². The lowest BCUT2D eigenvalue weighted by Crippen LogP contribution is -2.29. The van der Waals surface area contributed by atoms with Crippen LogP contribution in [0.15, 0.2) is 0 Å². The van der Waals surface area contributed by atoms with E-state index in [1.165, 1.54) is 18.6 Å². The standard InChI is InChI=1S/C10H16O2S/c11-10(12)9(7-4-5-7)8-3-1-2-6-13-8/h7-9H,1-6H2,(H,11,12). The fourth-order valence-electron chi connectivity index (χ4n) is 2.17. The zero-order valence-corrected chi connectivity index (χ0v) is 8.55. The summed E-state index contributed by atoms with van der Waals surface area (Å²) in [6, 6.07) is 0. The van der Waals surface area contributed by atoms with Crippen LogP contribution in [0.2, 0.25) is 0 Å². The van der Waals surface area contributed by atoms with E-state index in [-0.39, 0.29) is 5.92 Å². The molecule has 1 saturated heterocycles. The van der Waals surface area contributed by atoms with Crippen molar-refractivity contribution in [1.29, 1.82) is 0 Å². The molecule has 1 aliphatic carbocycles. The average molecular weight is 200 g/mol. The molecule has 1 N–H and O–H groups in total. The maximum Gasteiger partial charge on any atom is 0.307 e. The van der Waals surface area contributed by atoms with Gasteiger partial charge in [-0.3, -0.25) is 4.79 Å². The third kappa shape index (κ3) is 2.19. The Labute approximate surface area is 83.1 Å². The van der Waals surface area contributed by atoms with Crippen LogP contribution in [-0.4, -0.2) is 22.1 Å². The van der Waals surface area contributed by atoms with Gasteiger partial charge in [0.2, 0.25) is 0 Å². The number of carboxylic acid groups (broad SMARTS) is 1. The number of aliphatic carboxylic acids is 1. The van der Waals surface area contributed by atoms with Crippen molar-refractivity contribution >= 4 is 17.7 Å². The van der Waals surface area contributed by atoms with Crippen molar-refractivity contribution in [2.75, 3.05) is 5.75 Å². The van der Waals surface area contributed by atoms with E-state index >= 15 is 0 Å². The maximum atomic E-state index is 11.1. The van der Waals surface area contributed by atoms with Gasteiger partial charge in [0.15, 0.2) is 0 Å². The van der Waals surface area contributed by atoms with Crippen molar-refractivity contribution < 1.29 is 9.90 Å². The predicted molar refractivity (Wildman–Crippen MR) is 53.9 cm³/mol. The predicted octanol–water partition coefficient (Wildman–Crippen LogP) is 2.38. The zero-order chi connectivity index (χ0) is 9.26. The first-order chi connectivity index (χ1) is 6.29. The number of carboxylic acids is 1. The fraction of sp³-hybridized carbons (Fsp3) is 0.900.